The summed E-state index contributed by atoms with van der Waals surface area (Å²) in [5, 5.41) is 1.71. The number of rotatable bonds is 5. The highest BCUT2D eigenvalue weighted by Gasteiger charge is 2.26. The van der Waals surface area contributed by atoms with Crippen molar-refractivity contribution in [3.8, 4) is 0 Å². The molecule has 5 nitrogen and oxygen atoms in total. The molecule has 0 aliphatic rings. The molecule has 0 saturated carbocycles. The first-order chi connectivity index (χ1) is 12.2. The number of nitrogens with two attached hydrogens (primary N) is 1. The van der Waals surface area contributed by atoms with E-state index in [1.165, 1.54) is 31.2 Å². The molecule has 26 heavy (non-hydrogen) atoms. The molecule has 1 atom stereocenters. The van der Waals surface area contributed by atoms with E-state index in [4.69, 9.17) is 10.5 Å². The molecule has 0 aromatic heterocycles. The molecule has 1 amide bonds. The van der Waals surface area contributed by atoms with E-state index in [1.54, 1.807) is 5.32 Å². The van der Waals surface area contributed by atoms with Gasteiger partial charge >= 0.3 is 5.97 Å². The lowest BCUT2D eigenvalue weighted by Crippen LogP contribution is -2.33. The van der Waals surface area contributed by atoms with Gasteiger partial charge in [-0.1, -0.05) is 6.92 Å². The van der Waals surface area contributed by atoms with E-state index in [9.17, 15) is 27.2 Å². The number of hydrogen-bond donors (Lipinski definition) is 2. The normalized spacial score (nSPS) is 11.7. The highest BCUT2D eigenvalue weighted by atomic mass is 19.2. The molecule has 2 aromatic rings. The third kappa shape index (κ3) is 4.11. The summed E-state index contributed by atoms with van der Waals surface area (Å²) in [6.07, 6.45) is -1.49. The van der Waals surface area contributed by atoms with Crippen molar-refractivity contribution in [2.45, 2.75) is 19.4 Å². The Labute approximate surface area is 145 Å². The lowest BCUT2D eigenvalue weighted by molar-refractivity contribution is -0.124. The predicted molar refractivity (Wildman–Crippen MR) is 85.3 cm³/mol. The number of amides is 1. The molecule has 0 fully saturated rings. The van der Waals surface area contributed by atoms with Crippen LogP contribution in [0, 0.1) is 23.3 Å². The van der Waals surface area contributed by atoms with Gasteiger partial charge in [-0.2, -0.15) is 0 Å². The van der Waals surface area contributed by atoms with Gasteiger partial charge in [-0.3, -0.25) is 4.79 Å². The van der Waals surface area contributed by atoms with Crippen LogP contribution in [0.5, 0.6) is 0 Å². The Hall–Kier alpha value is -3.10. The standard InChI is InChI=1S/C17H14F4N2O3/c1-2-12(26-17(25)8-3-5-9(22)6-4-8)16(24)23-15-13(20)10(18)7-11(19)14(15)21/h3-7,12H,2,22H2,1H3,(H,23,24). The number of carbonyl (C=O) groups is 2. The van der Waals surface area contributed by atoms with Crippen LogP contribution in [-0.4, -0.2) is 18.0 Å². The quantitative estimate of drug-likeness (QED) is 0.366. The molecule has 0 spiro atoms. The van der Waals surface area contributed by atoms with Crippen LogP contribution in [-0.2, 0) is 9.53 Å². The van der Waals surface area contributed by atoms with E-state index < -0.39 is 46.9 Å². The van der Waals surface area contributed by atoms with Crippen molar-refractivity contribution in [2.24, 2.45) is 0 Å². The average molecular weight is 370 g/mol. The molecule has 3 N–H and O–H groups in total. The van der Waals surface area contributed by atoms with Crippen molar-refractivity contribution in [1.29, 1.82) is 0 Å². The monoisotopic (exact) mass is 370 g/mol. The van der Waals surface area contributed by atoms with Crippen LogP contribution in [0.4, 0.5) is 28.9 Å². The highest BCUT2D eigenvalue weighted by Crippen LogP contribution is 2.24. The number of benzene rings is 2. The van der Waals surface area contributed by atoms with Gasteiger partial charge in [-0.15, -0.1) is 0 Å². The van der Waals surface area contributed by atoms with Crippen molar-refractivity contribution in [3.05, 3.63) is 59.2 Å². The zero-order valence-electron chi connectivity index (χ0n) is 13.5. The van der Waals surface area contributed by atoms with Crippen LogP contribution in [0.25, 0.3) is 0 Å². The minimum Gasteiger partial charge on any atom is -0.449 e. The molecule has 0 heterocycles. The molecule has 9 heteroatoms. The van der Waals surface area contributed by atoms with E-state index in [-0.39, 0.29) is 18.1 Å². The van der Waals surface area contributed by atoms with Crippen molar-refractivity contribution in [2.75, 3.05) is 11.1 Å². The fourth-order valence-corrected chi connectivity index (χ4v) is 2.03. The van der Waals surface area contributed by atoms with Gasteiger partial charge in [0.05, 0.1) is 5.56 Å². The van der Waals surface area contributed by atoms with E-state index >= 15 is 0 Å². The number of nitrogen functional groups attached to an aromatic ring is 1. The van der Waals surface area contributed by atoms with Crippen LogP contribution in [0.3, 0.4) is 0 Å². The second-order valence-corrected chi connectivity index (χ2v) is 5.26. The van der Waals surface area contributed by atoms with Crippen LogP contribution in [0.2, 0.25) is 0 Å². The van der Waals surface area contributed by atoms with Gasteiger partial charge in [-0.25, -0.2) is 22.4 Å². The van der Waals surface area contributed by atoms with E-state index in [1.807, 2.05) is 0 Å². The topological polar surface area (TPSA) is 81.4 Å². The number of esters is 1. The zero-order chi connectivity index (χ0) is 19.4. The van der Waals surface area contributed by atoms with E-state index in [0.29, 0.717) is 5.69 Å². The molecular weight excluding hydrogens is 356 g/mol. The zero-order valence-corrected chi connectivity index (χ0v) is 13.5. The summed E-state index contributed by atoms with van der Waals surface area (Å²) in [7, 11) is 0. The number of anilines is 2. The minimum atomic E-state index is -1.77. The number of halogens is 4. The number of ether oxygens (including phenoxy) is 1. The summed E-state index contributed by atoms with van der Waals surface area (Å²) in [6.45, 7) is 1.47. The van der Waals surface area contributed by atoms with Gasteiger partial charge < -0.3 is 15.8 Å². The Kier molecular flexibility index (Phi) is 5.81. The number of hydrogen-bond acceptors (Lipinski definition) is 4. The minimum absolute atomic E-state index is 0.0127. The molecule has 0 bridgehead atoms. The summed E-state index contributed by atoms with van der Waals surface area (Å²) in [5.41, 5.74) is 4.70. The summed E-state index contributed by atoms with van der Waals surface area (Å²) < 4.78 is 58.6. The van der Waals surface area contributed by atoms with Gasteiger partial charge in [0.25, 0.3) is 5.91 Å². The largest absolute Gasteiger partial charge is 0.449 e. The SMILES string of the molecule is CCC(OC(=O)c1ccc(N)cc1)C(=O)Nc1c(F)c(F)cc(F)c1F. The van der Waals surface area contributed by atoms with Crippen LogP contribution in [0.1, 0.15) is 23.7 Å². The first-order valence-electron chi connectivity index (χ1n) is 7.45. The first kappa shape index (κ1) is 19.2. The first-order valence-corrected chi connectivity index (χ1v) is 7.45. The maximum absolute atomic E-state index is 13.6. The molecule has 2 rings (SSSR count). The maximum Gasteiger partial charge on any atom is 0.338 e. The van der Waals surface area contributed by atoms with Crippen molar-refractivity contribution in [3.63, 3.8) is 0 Å². The Morgan fingerprint density at radius 1 is 1.08 bits per heavy atom. The fourth-order valence-electron chi connectivity index (χ4n) is 2.03. The van der Waals surface area contributed by atoms with Gasteiger partial charge in [0.15, 0.2) is 29.4 Å². The average Bonchev–Trinajstić information content (AvgIpc) is 2.61. The Morgan fingerprint density at radius 2 is 1.62 bits per heavy atom. The van der Waals surface area contributed by atoms with Crippen molar-refractivity contribution >= 4 is 23.3 Å². The van der Waals surface area contributed by atoms with Gasteiger partial charge in [-0.05, 0) is 30.7 Å². The van der Waals surface area contributed by atoms with Crippen molar-refractivity contribution in [1.82, 2.24) is 0 Å². The number of carbonyl (C=O) groups excluding carboxylic acids is 2. The summed E-state index contributed by atoms with van der Waals surface area (Å²) >= 11 is 0. The predicted octanol–water partition coefficient (Wildman–Crippen LogP) is 3.40. The van der Waals surface area contributed by atoms with Gasteiger partial charge in [0, 0.05) is 11.8 Å². The molecule has 0 radical (unpaired) electrons. The van der Waals surface area contributed by atoms with Crippen LogP contribution < -0.4 is 11.1 Å². The Balaban J connectivity index is 2.17. The molecular formula is C17H14F4N2O3. The molecule has 1 unspecified atom stereocenters. The molecule has 0 saturated heterocycles. The Bertz CT molecular complexity index is 815. The van der Waals surface area contributed by atoms with E-state index in [2.05, 4.69) is 0 Å². The van der Waals surface area contributed by atoms with Crippen molar-refractivity contribution < 1.29 is 31.9 Å². The summed E-state index contributed by atoms with van der Waals surface area (Å²) in [6, 6.07) is 5.63. The second kappa shape index (κ2) is 7.85. The lowest BCUT2D eigenvalue weighted by atomic mass is 10.2. The molecule has 2 aromatic carbocycles. The lowest BCUT2D eigenvalue weighted by Gasteiger charge is -2.17. The summed E-state index contributed by atoms with van der Waals surface area (Å²) in [4.78, 5) is 24.1. The molecule has 138 valence electrons. The Morgan fingerprint density at radius 3 is 2.12 bits per heavy atom. The third-order valence-electron chi connectivity index (χ3n) is 3.42. The van der Waals surface area contributed by atoms with E-state index in [0.717, 1.165) is 0 Å². The molecule has 0 aliphatic carbocycles. The third-order valence-corrected chi connectivity index (χ3v) is 3.42. The van der Waals surface area contributed by atoms with Gasteiger partial charge in [0.2, 0.25) is 0 Å². The van der Waals surface area contributed by atoms with Crippen LogP contribution in [0.15, 0.2) is 30.3 Å². The smallest absolute Gasteiger partial charge is 0.338 e. The fraction of sp³-hybridized carbons (Fsp3) is 0.176. The maximum atomic E-state index is 13.6. The second-order valence-electron chi connectivity index (χ2n) is 5.26. The van der Waals surface area contributed by atoms with Crippen LogP contribution >= 0.6 is 0 Å². The summed E-state index contributed by atoms with van der Waals surface area (Å²) in [5.74, 6) is -8.90. The van der Waals surface area contributed by atoms with Gasteiger partial charge in [0.1, 0.15) is 5.69 Å². The number of nitrogens with one attached hydrogen (secondary N) is 1. The highest BCUT2D eigenvalue weighted by molar-refractivity contribution is 5.97. The molecule has 0 aliphatic heterocycles.